The van der Waals surface area contributed by atoms with Gasteiger partial charge in [0.05, 0.1) is 12.3 Å². The van der Waals surface area contributed by atoms with Gasteiger partial charge in [-0.15, -0.1) is 0 Å². The number of nitriles is 1. The average Bonchev–Trinajstić information content (AvgIpc) is 2.35. The number of nitrogens with zero attached hydrogens (tertiary/aromatic N) is 1. The number of nitrogens with one attached hydrogen (secondary N) is 1. The maximum Gasteiger partial charge on any atom is 0.344 e. The number of carbonyl (C=O) groups excluding carboxylic acids is 1. The van der Waals surface area contributed by atoms with Gasteiger partial charge in [0.25, 0.3) is 10.2 Å². The number of ether oxygens (including phenoxy) is 2. The molecule has 0 radical (unpaired) electrons. The van der Waals surface area contributed by atoms with Gasteiger partial charge in [-0.25, -0.2) is 9.93 Å². The molecule has 0 aliphatic heterocycles. The van der Waals surface area contributed by atoms with Crippen molar-refractivity contribution in [3.63, 3.8) is 0 Å². The number of esters is 1. The zero-order chi connectivity index (χ0) is 15.2. The molecular formula is C11H13N3O5S. The number of anilines is 1. The molecule has 0 fully saturated rings. The predicted octanol–water partition coefficient (Wildman–Crippen LogP) is 0.116. The van der Waals surface area contributed by atoms with E-state index in [-0.39, 0.29) is 30.2 Å². The summed E-state index contributed by atoms with van der Waals surface area (Å²) in [6.45, 7) is 1.47. The fourth-order valence-corrected chi connectivity index (χ4v) is 1.82. The Bertz CT molecular complexity index is 636. The van der Waals surface area contributed by atoms with Crippen LogP contribution in [-0.4, -0.2) is 27.6 Å². The first-order valence-electron chi connectivity index (χ1n) is 5.49. The third-order valence-corrected chi connectivity index (χ3v) is 2.55. The van der Waals surface area contributed by atoms with Crippen molar-refractivity contribution in [2.24, 2.45) is 5.14 Å². The van der Waals surface area contributed by atoms with E-state index in [1.54, 1.807) is 13.0 Å². The molecule has 8 nitrogen and oxygen atoms in total. The normalized spacial score (nSPS) is 10.4. The highest BCUT2D eigenvalue weighted by Crippen LogP contribution is 2.26. The zero-order valence-corrected chi connectivity index (χ0v) is 11.4. The second-order valence-corrected chi connectivity index (χ2v) is 4.83. The van der Waals surface area contributed by atoms with E-state index in [0.717, 1.165) is 0 Å². The second kappa shape index (κ2) is 6.74. The van der Waals surface area contributed by atoms with E-state index < -0.39 is 16.2 Å². The van der Waals surface area contributed by atoms with Crippen LogP contribution in [0.2, 0.25) is 0 Å². The third-order valence-electron chi connectivity index (χ3n) is 2.04. The van der Waals surface area contributed by atoms with Crippen LogP contribution >= 0.6 is 0 Å². The van der Waals surface area contributed by atoms with Crippen LogP contribution in [0.1, 0.15) is 12.5 Å². The summed E-state index contributed by atoms with van der Waals surface area (Å²) < 4.78 is 33.7. The first kappa shape index (κ1) is 15.7. The van der Waals surface area contributed by atoms with Crippen LogP contribution in [0.5, 0.6) is 5.75 Å². The number of carbonyl (C=O) groups is 1. The largest absolute Gasteiger partial charge is 0.480 e. The molecule has 0 heterocycles. The first-order chi connectivity index (χ1) is 9.37. The molecule has 0 aliphatic rings. The van der Waals surface area contributed by atoms with E-state index in [4.69, 9.17) is 15.1 Å². The maximum atomic E-state index is 11.2. The van der Waals surface area contributed by atoms with Crippen molar-refractivity contribution in [1.82, 2.24) is 0 Å². The van der Waals surface area contributed by atoms with Gasteiger partial charge in [0, 0.05) is 0 Å². The third kappa shape index (κ3) is 4.75. The molecule has 3 N–H and O–H groups in total. The van der Waals surface area contributed by atoms with Crippen LogP contribution in [0.4, 0.5) is 5.69 Å². The Morgan fingerprint density at radius 1 is 1.50 bits per heavy atom. The van der Waals surface area contributed by atoms with E-state index in [9.17, 15) is 13.2 Å². The molecule has 1 aromatic carbocycles. The number of benzene rings is 1. The van der Waals surface area contributed by atoms with E-state index in [1.165, 1.54) is 18.2 Å². The lowest BCUT2D eigenvalue weighted by Crippen LogP contribution is -2.22. The standard InChI is InChI=1S/C11H13N3O5S/c1-2-18-11(15)7-19-10-5-3-4-9(8(10)6-12)14-20(13,16)17/h3-5,14H,2,7H2,1H3,(H2,13,16,17). The molecule has 9 heteroatoms. The molecule has 1 aromatic rings. The molecule has 0 bridgehead atoms. The number of rotatable bonds is 6. The molecule has 0 aromatic heterocycles. The monoisotopic (exact) mass is 299 g/mol. The van der Waals surface area contributed by atoms with Crippen molar-refractivity contribution in [2.45, 2.75) is 6.92 Å². The highest BCUT2D eigenvalue weighted by atomic mass is 32.2. The van der Waals surface area contributed by atoms with Gasteiger partial charge in [-0.05, 0) is 19.1 Å². The number of hydrogen-bond acceptors (Lipinski definition) is 6. The van der Waals surface area contributed by atoms with Gasteiger partial charge >= 0.3 is 5.97 Å². The molecule has 20 heavy (non-hydrogen) atoms. The zero-order valence-electron chi connectivity index (χ0n) is 10.6. The van der Waals surface area contributed by atoms with Gasteiger partial charge in [-0.3, -0.25) is 4.72 Å². The summed E-state index contributed by atoms with van der Waals surface area (Å²) in [6, 6.07) is 6.01. The summed E-state index contributed by atoms with van der Waals surface area (Å²) in [5.41, 5.74) is -0.109. The molecule has 0 spiro atoms. The van der Waals surface area contributed by atoms with Gasteiger partial charge in [0.15, 0.2) is 6.61 Å². The van der Waals surface area contributed by atoms with Gasteiger partial charge < -0.3 is 9.47 Å². The number of nitrogens with two attached hydrogens (primary N) is 1. The molecule has 0 atom stereocenters. The van der Waals surface area contributed by atoms with Crippen molar-refractivity contribution in [3.05, 3.63) is 23.8 Å². The Labute approximate surface area is 116 Å². The van der Waals surface area contributed by atoms with E-state index in [2.05, 4.69) is 4.74 Å². The van der Waals surface area contributed by atoms with Crippen molar-refractivity contribution in [2.75, 3.05) is 17.9 Å². The van der Waals surface area contributed by atoms with E-state index >= 15 is 0 Å². The SMILES string of the molecule is CCOC(=O)COc1cccc(NS(N)(=O)=O)c1C#N. The minimum Gasteiger partial charge on any atom is -0.480 e. The Balaban J connectivity index is 2.95. The topological polar surface area (TPSA) is 132 Å². The Kier molecular flexibility index (Phi) is 5.31. The summed E-state index contributed by atoms with van der Waals surface area (Å²) in [5, 5.41) is 13.9. The predicted molar refractivity (Wildman–Crippen MR) is 70.0 cm³/mol. The smallest absolute Gasteiger partial charge is 0.344 e. The molecule has 0 saturated heterocycles. The van der Waals surface area contributed by atoms with Crippen LogP contribution in [0.3, 0.4) is 0 Å². The second-order valence-electron chi connectivity index (χ2n) is 3.53. The molecule has 108 valence electrons. The Morgan fingerprint density at radius 2 is 2.20 bits per heavy atom. The lowest BCUT2D eigenvalue weighted by Gasteiger charge is -2.11. The summed E-state index contributed by atoms with van der Waals surface area (Å²) in [5.74, 6) is -0.546. The van der Waals surface area contributed by atoms with Crippen molar-refractivity contribution in [1.29, 1.82) is 5.26 Å². The quantitative estimate of drug-likeness (QED) is 0.717. The minimum absolute atomic E-state index is 0.0311. The van der Waals surface area contributed by atoms with Gasteiger partial charge in [-0.1, -0.05) is 6.07 Å². The summed E-state index contributed by atoms with van der Waals surface area (Å²) in [7, 11) is -4.01. The highest BCUT2D eigenvalue weighted by molar-refractivity contribution is 7.90. The lowest BCUT2D eigenvalue weighted by atomic mass is 10.2. The fraction of sp³-hybridized carbons (Fsp3) is 0.273. The van der Waals surface area contributed by atoms with E-state index in [1.807, 2.05) is 4.72 Å². The van der Waals surface area contributed by atoms with Crippen molar-refractivity contribution in [3.8, 4) is 11.8 Å². The van der Waals surface area contributed by atoms with Crippen molar-refractivity contribution >= 4 is 21.9 Å². The number of hydrogen-bond donors (Lipinski definition) is 2. The molecular weight excluding hydrogens is 286 g/mol. The molecule has 0 saturated carbocycles. The molecule has 0 unspecified atom stereocenters. The fourth-order valence-electron chi connectivity index (χ4n) is 1.34. The van der Waals surface area contributed by atoms with Crippen LogP contribution in [0.25, 0.3) is 0 Å². The Morgan fingerprint density at radius 3 is 2.75 bits per heavy atom. The first-order valence-corrected chi connectivity index (χ1v) is 7.04. The molecule has 0 aliphatic carbocycles. The maximum absolute atomic E-state index is 11.2. The molecule has 1 rings (SSSR count). The summed E-state index contributed by atoms with van der Waals surface area (Å²) in [6.07, 6.45) is 0. The van der Waals surface area contributed by atoms with Crippen LogP contribution in [-0.2, 0) is 19.7 Å². The minimum atomic E-state index is -4.01. The lowest BCUT2D eigenvalue weighted by molar-refractivity contribution is -0.145. The van der Waals surface area contributed by atoms with Crippen LogP contribution in [0.15, 0.2) is 18.2 Å². The summed E-state index contributed by atoms with van der Waals surface area (Å²) >= 11 is 0. The van der Waals surface area contributed by atoms with Crippen molar-refractivity contribution < 1.29 is 22.7 Å². The van der Waals surface area contributed by atoms with Gasteiger partial charge in [0.2, 0.25) is 0 Å². The summed E-state index contributed by atoms with van der Waals surface area (Å²) in [4.78, 5) is 11.2. The van der Waals surface area contributed by atoms with E-state index in [0.29, 0.717) is 0 Å². The Hall–Kier alpha value is -2.31. The van der Waals surface area contributed by atoms with Crippen LogP contribution in [0, 0.1) is 11.3 Å². The van der Waals surface area contributed by atoms with Gasteiger partial charge in [0.1, 0.15) is 17.4 Å². The highest BCUT2D eigenvalue weighted by Gasteiger charge is 2.14. The molecule has 0 amide bonds. The van der Waals surface area contributed by atoms with Crippen LogP contribution < -0.4 is 14.6 Å². The van der Waals surface area contributed by atoms with Gasteiger partial charge in [-0.2, -0.15) is 13.7 Å². The average molecular weight is 299 g/mol.